The number of carbonyl (C=O) groups excluding carboxylic acids is 1. The van der Waals surface area contributed by atoms with Gasteiger partial charge in [0.15, 0.2) is 0 Å². The molecule has 0 spiro atoms. The van der Waals surface area contributed by atoms with Crippen LogP contribution in [0.3, 0.4) is 0 Å². The molecule has 1 aliphatic heterocycles. The number of hydrogen-bond donors (Lipinski definition) is 1. The molecule has 6 heteroatoms. The number of ether oxygens (including phenoxy) is 1. The van der Waals surface area contributed by atoms with Crippen LogP contribution < -0.4 is 5.32 Å². The zero-order valence-electron chi connectivity index (χ0n) is 11.5. The van der Waals surface area contributed by atoms with Crippen LogP contribution in [0.15, 0.2) is 23.0 Å². The Morgan fingerprint density at radius 2 is 2.45 bits per heavy atom. The van der Waals surface area contributed by atoms with E-state index in [9.17, 15) is 4.79 Å². The van der Waals surface area contributed by atoms with Gasteiger partial charge in [0.1, 0.15) is 0 Å². The van der Waals surface area contributed by atoms with Crippen molar-refractivity contribution >= 4 is 22.9 Å². The molecule has 0 saturated carbocycles. The van der Waals surface area contributed by atoms with Gasteiger partial charge in [0.05, 0.1) is 23.9 Å². The fraction of sp³-hybridized carbons (Fsp3) is 0.429. The molecule has 2 aromatic heterocycles. The summed E-state index contributed by atoms with van der Waals surface area (Å²) in [5.41, 5.74) is 2.91. The number of rotatable bonds is 3. The van der Waals surface area contributed by atoms with Gasteiger partial charge >= 0.3 is 0 Å². The van der Waals surface area contributed by atoms with E-state index >= 15 is 0 Å². The SMILES string of the molecule is Cc1c([C@H]2OCC[C@@H]2C(=O)Nc2ccsc2)cnn1C. The topological polar surface area (TPSA) is 56.1 Å². The lowest BCUT2D eigenvalue weighted by molar-refractivity contribution is -0.121. The highest BCUT2D eigenvalue weighted by Crippen LogP contribution is 2.36. The molecule has 1 N–H and O–H groups in total. The van der Waals surface area contributed by atoms with Gasteiger partial charge in [-0.3, -0.25) is 9.48 Å². The molecule has 106 valence electrons. The van der Waals surface area contributed by atoms with Crippen molar-refractivity contribution in [3.05, 3.63) is 34.3 Å². The summed E-state index contributed by atoms with van der Waals surface area (Å²) in [6, 6.07) is 1.91. The van der Waals surface area contributed by atoms with E-state index in [1.54, 1.807) is 17.5 Å². The molecule has 1 amide bonds. The lowest BCUT2D eigenvalue weighted by Crippen LogP contribution is -2.25. The average molecular weight is 291 g/mol. The van der Waals surface area contributed by atoms with Gasteiger partial charge in [-0.05, 0) is 24.8 Å². The van der Waals surface area contributed by atoms with Crippen LogP contribution in [0.1, 0.15) is 23.8 Å². The summed E-state index contributed by atoms with van der Waals surface area (Å²) in [7, 11) is 1.90. The quantitative estimate of drug-likeness (QED) is 0.945. The highest BCUT2D eigenvalue weighted by molar-refractivity contribution is 7.08. The Hall–Kier alpha value is -1.66. The van der Waals surface area contributed by atoms with E-state index in [-0.39, 0.29) is 17.9 Å². The van der Waals surface area contributed by atoms with Crippen LogP contribution >= 0.6 is 11.3 Å². The van der Waals surface area contributed by atoms with Crippen molar-refractivity contribution in [3.8, 4) is 0 Å². The summed E-state index contributed by atoms with van der Waals surface area (Å²) in [4.78, 5) is 12.4. The molecule has 0 aliphatic carbocycles. The first-order valence-corrected chi connectivity index (χ1v) is 7.54. The van der Waals surface area contributed by atoms with Gasteiger partial charge in [0.2, 0.25) is 5.91 Å². The third-order valence-electron chi connectivity index (χ3n) is 3.80. The molecule has 20 heavy (non-hydrogen) atoms. The maximum Gasteiger partial charge on any atom is 0.230 e. The molecule has 1 fully saturated rings. The van der Waals surface area contributed by atoms with Crippen LogP contribution in [-0.4, -0.2) is 22.3 Å². The summed E-state index contributed by atoms with van der Waals surface area (Å²) in [6.45, 7) is 2.61. The summed E-state index contributed by atoms with van der Waals surface area (Å²) < 4.78 is 7.58. The smallest absolute Gasteiger partial charge is 0.230 e. The van der Waals surface area contributed by atoms with Gasteiger partial charge in [-0.2, -0.15) is 16.4 Å². The second kappa shape index (κ2) is 5.38. The lowest BCUT2D eigenvalue weighted by Gasteiger charge is -2.17. The molecule has 0 aromatic carbocycles. The van der Waals surface area contributed by atoms with E-state index in [4.69, 9.17) is 4.74 Å². The Morgan fingerprint density at radius 3 is 3.10 bits per heavy atom. The van der Waals surface area contributed by atoms with E-state index < -0.39 is 0 Å². The van der Waals surface area contributed by atoms with Crippen LogP contribution in [0.5, 0.6) is 0 Å². The Balaban J connectivity index is 1.78. The van der Waals surface area contributed by atoms with Crippen LogP contribution in [0.2, 0.25) is 0 Å². The highest BCUT2D eigenvalue weighted by atomic mass is 32.1. The van der Waals surface area contributed by atoms with Gasteiger partial charge < -0.3 is 10.1 Å². The zero-order valence-corrected chi connectivity index (χ0v) is 12.3. The van der Waals surface area contributed by atoms with Crippen molar-refractivity contribution in [2.75, 3.05) is 11.9 Å². The van der Waals surface area contributed by atoms with Gasteiger partial charge in [0, 0.05) is 30.3 Å². The standard InChI is InChI=1S/C14H17N3O2S/c1-9-12(7-15-17(9)2)13-11(3-5-19-13)14(18)16-10-4-6-20-8-10/h4,6-8,11,13H,3,5H2,1-2H3,(H,16,18)/t11-,13-/m0/s1. The van der Waals surface area contributed by atoms with Crippen LogP contribution in [0.4, 0.5) is 5.69 Å². The number of amides is 1. The van der Waals surface area contributed by atoms with E-state index in [0.29, 0.717) is 6.61 Å². The van der Waals surface area contributed by atoms with Gasteiger partial charge in [-0.1, -0.05) is 0 Å². The van der Waals surface area contributed by atoms with Gasteiger partial charge in [0.25, 0.3) is 0 Å². The van der Waals surface area contributed by atoms with Crippen LogP contribution in [0, 0.1) is 12.8 Å². The summed E-state index contributed by atoms with van der Waals surface area (Å²) >= 11 is 1.57. The molecule has 3 heterocycles. The Morgan fingerprint density at radius 1 is 1.60 bits per heavy atom. The second-order valence-electron chi connectivity index (χ2n) is 5.00. The molecule has 2 atom stereocenters. The molecule has 5 nitrogen and oxygen atoms in total. The number of carbonyl (C=O) groups is 1. The van der Waals surface area contributed by atoms with E-state index in [1.165, 1.54) is 0 Å². The molecule has 1 aliphatic rings. The molecular formula is C14H17N3O2S. The first-order chi connectivity index (χ1) is 9.66. The largest absolute Gasteiger partial charge is 0.373 e. The summed E-state index contributed by atoms with van der Waals surface area (Å²) in [5, 5.41) is 11.1. The van der Waals surface area contributed by atoms with E-state index in [1.807, 2.05) is 35.5 Å². The minimum absolute atomic E-state index is 0.0224. The molecule has 0 radical (unpaired) electrons. The molecule has 2 aromatic rings. The summed E-state index contributed by atoms with van der Waals surface area (Å²) in [5.74, 6) is -0.132. The average Bonchev–Trinajstić information content (AvgIpc) is 3.13. The van der Waals surface area contributed by atoms with Crippen molar-refractivity contribution in [1.82, 2.24) is 9.78 Å². The first-order valence-electron chi connectivity index (χ1n) is 6.60. The lowest BCUT2D eigenvalue weighted by atomic mass is 9.95. The number of thiophene rings is 1. The number of nitrogens with one attached hydrogen (secondary N) is 1. The van der Waals surface area contributed by atoms with Crippen molar-refractivity contribution in [3.63, 3.8) is 0 Å². The third-order valence-corrected chi connectivity index (χ3v) is 4.48. The second-order valence-corrected chi connectivity index (χ2v) is 5.78. The number of nitrogens with zero attached hydrogens (tertiary/aromatic N) is 2. The molecule has 0 bridgehead atoms. The van der Waals surface area contributed by atoms with Crippen molar-refractivity contribution < 1.29 is 9.53 Å². The fourth-order valence-electron chi connectivity index (χ4n) is 2.53. The maximum absolute atomic E-state index is 12.4. The number of hydrogen-bond acceptors (Lipinski definition) is 4. The monoisotopic (exact) mass is 291 g/mol. The van der Waals surface area contributed by atoms with E-state index in [2.05, 4.69) is 10.4 Å². The summed E-state index contributed by atoms with van der Waals surface area (Å²) in [6.07, 6.45) is 2.35. The number of anilines is 1. The van der Waals surface area contributed by atoms with Crippen molar-refractivity contribution in [2.45, 2.75) is 19.4 Å². The highest BCUT2D eigenvalue weighted by Gasteiger charge is 2.37. The minimum Gasteiger partial charge on any atom is -0.373 e. The van der Waals surface area contributed by atoms with Gasteiger partial charge in [-0.15, -0.1) is 0 Å². The predicted octanol–water partition coefficient (Wildman–Crippen LogP) is 2.51. The van der Waals surface area contributed by atoms with Crippen molar-refractivity contribution in [2.24, 2.45) is 13.0 Å². The fourth-order valence-corrected chi connectivity index (χ4v) is 3.12. The number of aryl methyl sites for hydroxylation is 1. The minimum atomic E-state index is -0.192. The predicted molar refractivity (Wildman–Crippen MR) is 77.7 cm³/mol. The maximum atomic E-state index is 12.4. The van der Waals surface area contributed by atoms with Crippen LogP contribution in [0.25, 0.3) is 0 Å². The normalized spacial score (nSPS) is 22.1. The van der Waals surface area contributed by atoms with E-state index in [0.717, 1.165) is 23.4 Å². The van der Waals surface area contributed by atoms with Crippen molar-refractivity contribution in [1.29, 1.82) is 0 Å². The Kier molecular flexibility index (Phi) is 3.58. The Bertz CT molecular complexity index is 606. The molecule has 0 unspecified atom stereocenters. The number of aromatic nitrogens is 2. The van der Waals surface area contributed by atoms with Crippen LogP contribution in [-0.2, 0) is 16.6 Å². The molecule has 3 rings (SSSR count). The zero-order chi connectivity index (χ0) is 14.1. The molecule has 1 saturated heterocycles. The first kappa shape index (κ1) is 13.3. The Labute approximate surface area is 121 Å². The van der Waals surface area contributed by atoms with Gasteiger partial charge in [-0.25, -0.2) is 0 Å². The molecular weight excluding hydrogens is 274 g/mol. The third kappa shape index (κ3) is 2.36.